The quantitative estimate of drug-likeness (QED) is 0.303. The minimum atomic E-state index is -0.562. The van der Waals surface area contributed by atoms with E-state index in [4.69, 9.17) is 4.55 Å². The second kappa shape index (κ2) is 2.24. The summed E-state index contributed by atoms with van der Waals surface area (Å²) in [5.74, 6) is -0.387. The van der Waals surface area contributed by atoms with Gasteiger partial charge in [-0.1, -0.05) is 0 Å². The highest BCUT2D eigenvalue weighted by Crippen LogP contribution is 2.07. The Hall–Kier alpha value is -0.750. The van der Waals surface area contributed by atoms with E-state index < -0.39 is 6.03 Å². The van der Waals surface area contributed by atoms with Crippen LogP contribution in [0.25, 0.3) is 0 Å². The molecule has 0 radical (unpaired) electrons. The summed E-state index contributed by atoms with van der Waals surface area (Å²) in [5.41, 5.74) is 0. The van der Waals surface area contributed by atoms with Crippen LogP contribution in [-0.2, 0) is 4.79 Å². The molecule has 50 valence electrons. The average Bonchev–Trinajstić information content (AvgIpc) is 2.10. The van der Waals surface area contributed by atoms with Gasteiger partial charge in [-0.05, 0) is 0 Å². The average molecular weight is 148 g/mol. The first-order valence-corrected chi connectivity index (χ1v) is 2.90. The van der Waals surface area contributed by atoms with Gasteiger partial charge in [0.2, 0.25) is 5.91 Å². The molecule has 0 aromatic carbocycles. The summed E-state index contributed by atoms with van der Waals surface area (Å²) in [6.07, 6.45) is 0. The Morgan fingerprint density at radius 2 is 2.33 bits per heavy atom. The van der Waals surface area contributed by atoms with Crippen molar-refractivity contribution >= 4 is 24.2 Å². The molecule has 9 heavy (non-hydrogen) atoms. The summed E-state index contributed by atoms with van der Waals surface area (Å²) in [5, 5.41) is 1.98. The number of urea groups is 1. The Balaban J connectivity index is 2.58. The second-order valence-corrected chi connectivity index (χ2v) is 2.08. The summed E-state index contributed by atoms with van der Waals surface area (Å²) < 4.78 is 9.20. The highest BCUT2D eigenvalue weighted by Gasteiger charge is 2.26. The first-order chi connectivity index (χ1) is 4.24. The number of amides is 3. The van der Waals surface area contributed by atoms with Crippen LogP contribution in [0.2, 0.25) is 0 Å². The summed E-state index contributed by atoms with van der Waals surface area (Å²) in [4.78, 5) is 20.8. The minimum absolute atomic E-state index is 0.0694. The number of carbonyl (C=O) groups is 2. The SMILES string of the molecule is O=C1CN(SO)C(=O)N1. The van der Waals surface area contributed by atoms with E-state index in [0.29, 0.717) is 0 Å². The molecule has 1 saturated heterocycles. The first-order valence-electron chi connectivity index (χ1n) is 2.17. The standard InChI is InChI=1S/C3H4N2O3S/c6-2-1-5(9-8)3(7)4-2/h8H,1H2,(H,4,6,7). The molecule has 1 rings (SSSR count). The number of rotatable bonds is 1. The molecule has 1 fully saturated rings. The van der Waals surface area contributed by atoms with E-state index in [1.807, 2.05) is 5.32 Å². The van der Waals surface area contributed by atoms with Crippen LogP contribution in [0.3, 0.4) is 0 Å². The lowest BCUT2D eigenvalue weighted by molar-refractivity contribution is -0.118. The Labute approximate surface area is 55.4 Å². The van der Waals surface area contributed by atoms with E-state index in [1.54, 1.807) is 0 Å². The van der Waals surface area contributed by atoms with Crippen LogP contribution in [0.5, 0.6) is 0 Å². The predicted octanol–water partition coefficient (Wildman–Crippen LogP) is -0.341. The smallest absolute Gasteiger partial charge is 0.312 e. The van der Waals surface area contributed by atoms with Gasteiger partial charge in [0.05, 0.1) is 0 Å². The molecule has 1 heterocycles. The fraction of sp³-hybridized carbons (Fsp3) is 0.333. The normalized spacial score (nSPS) is 18.6. The number of hydrogen-bond donors (Lipinski definition) is 2. The largest absolute Gasteiger partial charge is 0.336 e. The van der Waals surface area contributed by atoms with Crippen molar-refractivity contribution in [3.05, 3.63) is 0 Å². The van der Waals surface area contributed by atoms with Gasteiger partial charge in [-0.15, -0.1) is 0 Å². The number of nitrogens with zero attached hydrogens (tertiary/aromatic N) is 1. The van der Waals surface area contributed by atoms with E-state index in [0.717, 1.165) is 4.31 Å². The van der Waals surface area contributed by atoms with Gasteiger partial charge in [0.1, 0.15) is 18.8 Å². The number of hydrogen-bond acceptors (Lipinski definition) is 4. The molecule has 0 aliphatic carbocycles. The molecule has 6 heteroatoms. The summed E-state index contributed by atoms with van der Waals surface area (Å²) in [7, 11) is 0. The zero-order valence-electron chi connectivity index (χ0n) is 4.33. The third-order valence-corrected chi connectivity index (χ3v) is 1.35. The van der Waals surface area contributed by atoms with E-state index >= 15 is 0 Å². The fourth-order valence-corrected chi connectivity index (χ4v) is 0.784. The van der Waals surface area contributed by atoms with Gasteiger partial charge in [-0.25, -0.2) is 9.10 Å². The fourth-order valence-electron chi connectivity index (χ4n) is 0.489. The van der Waals surface area contributed by atoms with Crippen LogP contribution in [0.4, 0.5) is 4.79 Å². The lowest BCUT2D eigenvalue weighted by Crippen LogP contribution is -2.22. The molecule has 0 unspecified atom stereocenters. The van der Waals surface area contributed by atoms with Crippen molar-refractivity contribution in [2.24, 2.45) is 0 Å². The van der Waals surface area contributed by atoms with Crippen LogP contribution in [0, 0.1) is 0 Å². The van der Waals surface area contributed by atoms with Gasteiger partial charge < -0.3 is 4.55 Å². The summed E-state index contributed by atoms with van der Waals surface area (Å²) in [6.45, 7) is -0.0694. The van der Waals surface area contributed by atoms with E-state index in [2.05, 4.69) is 0 Å². The van der Waals surface area contributed by atoms with Gasteiger partial charge in [-0.3, -0.25) is 10.1 Å². The summed E-state index contributed by atoms with van der Waals surface area (Å²) in [6, 6.07) is -0.562. The lowest BCUT2D eigenvalue weighted by Gasteiger charge is -2.02. The van der Waals surface area contributed by atoms with Crippen LogP contribution in [0.1, 0.15) is 0 Å². The molecule has 1 aliphatic rings. The summed E-state index contributed by atoms with van der Waals surface area (Å²) >= 11 is 0.245. The number of nitrogens with one attached hydrogen (secondary N) is 1. The Bertz CT molecular complexity index is 159. The molecule has 0 aromatic rings. The molecular formula is C3H4N2O3S. The van der Waals surface area contributed by atoms with E-state index in [9.17, 15) is 9.59 Å². The molecule has 0 bridgehead atoms. The molecule has 0 atom stereocenters. The van der Waals surface area contributed by atoms with Crippen molar-refractivity contribution in [3.8, 4) is 0 Å². The monoisotopic (exact) mass is 148 g/mol. The Morgan fingerprint density at radius 3 is 2.56 bits per heavy atom. The highest BCUT2D eigenvalue weighted by molar-refractivity contribution is 7.91. The molecule has 3 amide bonds. The molecule has 1 aliphatic heterocycles. The van der Waals surface area contributed by atoms with Crippen molar-refractivity contribution in [3.63, 3.8) is 0 Å². The molecule has 5 nitrogen and oxygen atoms in total. The minimum Gasteiger partial charge on any atom is -0.312 e. The third-order valence-electron chi connectivity index (χ3n) is 0.859. The highest BCUT2D eigenvalue weighted by atomic mass is 32.2. The van der Waals surface area contributed by atoms with E-state index in [1.165, 1.54) is 0 Å². The van der Waals surface area contributed by atoms with Gasteiger partial charge in [0, 0.05) is 0 Å². The molecule has 0 aromatic heterocycles. The molecule has 0 spiro atoms. The van der Waals surface area contributed by atoms with Crippen molar-refractivity contribution in [2.45, 2.75) is 0 Å². The Kier molecular flexibility index (Phi) is 1.58. The second-order valence-electron chi connectivity index (χ2n) is 1.47. The number of imide groups is 1. The first kappa shape index (κ1) is 6.37. The van der Waals surface area contributed by atoms with Gasteiger partial charge in [0.15, 0.2) is 0 Å². The van der Waals surface area contributed by atoms with Gasteiger partial charge >= 0.3 is 6.03 Å². The number of carbonyl (C=O) groups excluding carboxylic acids is 2. The molecular weight excluding hydrogens is 144 g/mol. The maximum absolute atomic E-state index is 10.4. The molecule has 0 saturated carbocycles. The molecule has 2 N–H and O–H groups in total. The van der Waals surface area contributed by atoms with Crippen molar-refractivity contribution in [1.29, 1.82) is 0 Å². The van der Waals surface area contributed by atoms with E-state index in [-0.39, 0.29) is 24.7 Å². The van der Waals surface area contributed by atoms with Crippen LogP contribution < -0.4 is 5.32 Å². The van der Waals surface area contributed by atoms with Crippen LogP contribution in [-0.4, -0.2) is 27.3 Å². The van der Waals surface area contributed by atoms with Crippen molar-refractivity contribution < 1.29 is 14.1 Å². The van der Waals surface area contributed by atoms with Crippen molar-refractivity contribution in [1.82, 2.24) is 9.62 Å². The van der Waals surface area contributed by atoms with Gasteiger partial charge in [-0.2, -0.15) is 0 Å². The Morgan fingerprint density at radius 1 is 1.67 bits per heavy atom. The van der Waals surface area contributed by atoms with Crippen LogP contribution >= 0.6 is 12.2 Å². The lowest BCUT2D eigenvalue weighted by atomic mass is 10.7. The zero-order valence-corrected chi connectivity index (χ0v) is 5.14. The predicted molar refractivity (Wildman–Crippen MR) is 30.5 cm³/mol. The topological polar surface area (TPSA) is 69.6 Å². The third kappa shape index (κ3) is 1.14. The zero-order chi connectivity index (χ0) is 6.85. The maximum atomic E-state index is 10.4. The van der Waals surface area contributed by atoms with Crippen molar-refractivity contribution in [2.75, 3.05) is 6.54 Å². The van der Waals surface area contributed by atoms with Crippen LogP contribution in [0.15, 0.2) is 0 Å². The maximum Gasteiger partial charge on any atom is 0.336 e. The van der Waals surface area contributed by atoms with Gasteiger partial charge in [0.25, 0.3) is 0 Å².